The fourth-order valence-electron chi connectivity index (χ4n) is 1.23. The summed E-state index contributed by atoms with van der Waals surface area (Å²) in [5, 5.41) is 0. The Kier molecular flexibility index (Phi) is 5.11. The molecule has 0 aliphatic heterocycles. The molecule has 0 aliphatic rings. The van der Waals surface area contributed by atoms with Crippen LogP contribution in [-0.2, 0) is 4.74 Å². The Balaban J connectivity index is 2.57. The van der Waals surface area contributed by atoms with Crippen molar-refractivity contribution in [2.75, 3.05) is 25.7 Å². The number of ether oxygens (including phenoxy) is 3. The van der Waals surface area contributed by atoms with Crippen molar-refractivity contribution in [3.05, 3.63) is 6.33 Å². The van der Waals surface area contributed by atoms with E-state index in [2.05, 4.69) is 15.4 Å². The molecule has 0 aromatic carbocycles. The summed E-state index contributed by atoms with van der Waals surface area (Å²) in [6, 6.07) is 0. The quantitative estimate of drug-likeness (QED) is 0.445. The Bertz CT molecular complexity index is 379. The lowest BCUT2D eigenvalue weighted by molar-refractivity contribution is -0.0170. The van der Waals surface area contributed by atoms with E-state index >= 15 is 0 Å². The van der Waals surface area contributed by atoms with Gasteiger partial charge < -0.3 is 19.6 Å². The predicted molar refractivity (Wildman–Crippen MR) is 67.6 cm³/mol. The average Bonchev–Trinajstić information content (AvgIpc) is 2.32. The van der Waals surface area contributed by atoms with Crippen molar-refractivity contribution in [2.45, 2.75) is 26.4 Å². The standard InChI is InChI=1S/C11H20N4O3/c1-11(2,3)18-6-5-17-10-8(16-4)9(15-12)13-7-14-10/h7H,5-6,12H2,1-4H3,(H,13,14,15). The van der Waals surface area contributed by atoms with Crippen molar-refractivity contribution in [1.29, 1.82) is 0 Å². The zero-order valence-electron chi connectivity index (χ0n) is 11.2. The minimum Gasteiger partial charge on any atom is -0.489 e. The van der Waals surface area contributed by atoms with Gasteiger partial charge in [-0.2, -0.15) is 4.98 Å². The van der Waals surface area contributed by atoms with Crippen LogP contribution in [0.1, 0.15) is 20.8 Å². The third kappa shape index (κ3) is 4.34. The van der Waals surface area contributed by atoms with E-state index < -0.39 is 0 Å². The maximum atomic E-state index is 5.53. The van der Waals surface area contributed by atoms with Crippen LogP contribution in [0, 0.1) is 0 Å². The van der Waals surface area contributed by atoms with Crippen molar-refractivity contribution in [1.82, 2.24) is 9.97 Å². The van der Waals surface area contributed by atoms with Crippen molar-refractivity contribution < 1.29 is 14.2 Å². The number of hydrogen-bond donors (Lipinski definition) is 2. The minimum atomic E-state index is -0.191. The average molecular weight is 256 g/mol. The van der Waals surface area contributed by atoms with Crippen LogP contribution in [0.3, 0.4) is 0 Å². The molecule has 18 heavy (non-hydrogen) atoms. The zero-order valence-corrected chi connectivity index (χ0v) is 11.2. The highest BCUT2D eigenvalue weighted by molar-refractivity contribution is 5.54. The summed E-state index contributed by atoms with van der Waals surface area (Å²) in [6.45, 7) is 6.77. The molecule has 0 atom stereocenters. The number of hydrazine groups is 1. The normalized spacial score (nSPS) is 11.2. The van der Waals surface area contributed by atoms with Gasteiger partial charge in [0.25, 0.3) is 5.88 Å². The summed E-state index contributed by atoms with van der Waals surface area (Å²) in [5.41, 5.74) is 2.22. The molecule has 1 aromatic heterocycles. The molecule has 7 heteroatoms. The van der Waals surface area contributed by atoms with Crippen molar-refractivity contribution in [3.63, 3.8) is 0 Å². The van der Waals surface area contributed by atoms with Gasteiger partial charge >= 0.3 is 0 Å². The van der Waals surface area contributed by atoms with E-state index in [4.69, 9.17) is 20.1 Å². The third-order valence-corrected chi connectivity index (χ3v) is 1.97. The molecule has 0 radical (unpaired) electrons. The molecule has 0 amide bonds. The highest BCUT2D eigenvalue weighted by Crippen LogP contribution is 2.29. The molecule has 0 saturated carbocycles. The Hall–Kier alpha value is -1.60. The second-order valence-corrected chi connectivity index (χ2v) is 4.51. The Labute approximate surface area is 107 Å². The van der Waals surface area contributed by atoms with Gasteiger partial charge in [0, 0.05) is 0 Å². The summed E-state index contributed by atoms with van der Waals surface area (Å²) in [5.74, 6) is 6.38. The van der Waals surface area contributed by atoms with Gasteiger partial charge in [-0.3, -0.25) is 0 Å². The summed E-state index contributed by atoms with van der Waals surface area (Å²) in [6.07, 6.45) is 1.34. The Morgan fingerprint density at radius 1 is 1.28 bits per heavy atom. The van der Waals surface area contributed by atoms with Crippen LogP contribution in [0.25, 0.3) is 0 Å². The maximum absolute atomic E-state index is 5.53. The van der Waals surface area contributed by atoms with Crippen LogP contribution in [-0.4, -0.2) is 35.9 Å². The van der Waals surface area contributed by atoms with Gasteiger partial charge in [-0.25, -0.2) is 10.8 Å². The first-order valence-electron chi connectivity index (χ1n) is 5.60. The number of rotatable bonds is 6. The van der Waals surface area contributed by atoms with Crippen LogP contribution >= 0.6 is 0 Å². The van der Waals surface area contributed by atoms with Crippen molar-refractivity contribution >= 4 is 5.82 Å². The number of anilines is 1. The number of methoxy groups -OCH3 is 1. The molecule has 3 N–H and O–H groups in total. The summed E-state index contributed by atoms with van der Waals surface area (Å²) in [4.78, 5) is 7.90. The number of nitrogens with zero attached hydrogens (tertiary/aromatic N) is 2. The predicted octanol–water partition coefficient (Wildman–Crippen LogP) is 0.965. The fraction of sp³-hybridized carbons (Fsp3) is 0.636. The van der Waals surface area contributed by atoms with Crippen LogP contribution in [0.4, 0.5) is 5.82 Å². The van der Waals surface area contributed by atoms with Gasteiger partial charge in [0.15, 0.2) is 5.82 Å². The van der Waals surface area contributed by atoms with E-state index in [1.165, 1.54) is 13.4 Å². The van der Waals surface area contributed by atoms with Gasteiger partial charge in [-0.15, -0.1) is 0 Å². The molecule has 1 aromatic rings. The van der Waals surface area contributed by atoms with Crippen LogP contribution in [0.15, 0.2) is 6.33 Å². The SMILES string of the molecule is COc1c(NN)ncnc1OCCOC(C)(C)C. The molecular formula is C11H20N4O3. The summed E-state index contributed by atoms with van der Waals surface area (Å²) < 4.78 is 16.1. The molecule has 7 nitrogen and oxygen atoms in total. The number of aromatic nitrogens is 2. The molecule has 1 heterocycles. The molecule has 1 rings (SSSR count). The van der Waals surface area contributed by atoms with E-state index in [1.54, 1.807) is 0 Å². The summed E-state index contributed by atoms with van der Waals surface area (Å²) >= 11 is 0. The number of hydrogen-bond acceptors (Lipinski definition) is 7. The highest BCUT2D eigenvalue weighted by atomic mass is 16.6. The Morgan fingerprint density at radius 3 is 2.56 bits per heavy atom. The van der Waals surface area contributed by atoms with Gasteiger partial charge in [0.05, 0.1) is 19.3 Å². The molecule has 0 fully saturated rings. The molecule has 0 spiro atoms. The lowest BCUT2D eigenvalue weighted by atomic mass is 10.2. The minimum absolute atomic E-state index is 0.191. The zero-order chi connectivity index (χ0) is 13.6. The van der Waals surface area contributed by atoms with Gasteiger partial charge in [-0.05, 0) is 20.8 Å². The number of nitrogens with two attached hydrogens (primary N) is 1. The Morgan fingerprint density at radius 2 is 2.00 bits per heavy atom. The monoisotopic (exact) mass is 256 g/mol. The van der Waals surface area contributed by atoms with Gasteiger partial charge in [0.2, 0.25) is 5.75 Å². The van der Waals surface area contributed by atoms with E-state index in [-0.39, 0.29) is 5.60 Å². The molecule has 0 saturated heterocycles. The first-order chi connectivity index (χ1) is 8.48. The van der Waals surface area contributed by atoms with E-state index in [9.17, 15) is 0 Å². The smallest absolute Gasteiger partial charge is 0.262 e. The van der Waals surface area contributed by atoms with Crippen molar-refractivity contribution in [2.24, 2.45) is 5.84 Å². The fourth-order valence-corrected chi connectivity index (χ4v) is 1.23. The largest absolute Gasteiger partial charge is 0.489 e. The molecule has 102 valence electrons. The second-order valence-electron chi connectivity index (χ2n) is 4.51. The first-order valence-corrected chi connectivity index (χ1v) is 5.60. The second kappa shape index (κ2) is 6.36. The molecule has 0 aliphatic carbocycles. The molecule has 0 unspecified atom stereocenters. The lowest BCUT2D eigenvalue weighted by Gasteiger charge is -2.19. The van der Waals surface area contributed by atoms with E-state index in [0.29, 0.717) is 30.7 Å². The maximum Gasteiger partial charge on any atom is 0.262 e. The third-order valence-electron chi connectivity index (χ3n) is 1.97. The highest BCUT2D eigenvalue weighted by Gasteiger charge is 2.13. The van der Waals surface area contributed by atoms with E-state index in [1.807, 2.05) is 20.8 Å². The number of nitrogens with one attached hydrogen (secondary N) is 1. The van der Waals surface area contributed by atoms with Crippen molar-refractivity contribution in [3.8, 4) is 11.6 Å². The first kappa shape index (κ1) is 14.5. The summed E-state index contributed by atoms with van der Waals surface area (Å²) in [7, 11) is 1.50. The van der Waals surface area contributed by atoms with Crippen LogP contribution in [0.2, 0.25) is 0 Å². The molecular weight excluding hydrogens is 236 g/mol. The lowest BCUT2D eigenvalue weighted by Crippen LogP contribution is -2.22. The topological polar surface area (TPSA) is 91.5 Å². The van der Waals surface area contributed by atoms with Crippen LogP contribution in [0.5, 0.6) is 11.6 Å². The molecule has 0 bridgehead atoms. The van der Waals surface area contributed by atoms with Gasteiger partial charge in [0.1, 0.15) is 12.9 Å². The van der Waals surface area contributed by atoms with Crippen LogP contribution < -0.4 is 20.7 Å². The van der Waals surface area contributed by atoms with Gasteiger partial charge in [-0.1, -0.05) is 0 Å². The number of nitrogen functional groups attached to an aromatic ring is 1. The van der Waals surface area contributed by atoms with E-state index in [0.717, 1.165) is 0 Å².